The maximum Gasteiger partial charge on any atom is 0.182 e. The first-order valence-corrected chi connectivity index (χ1v) is 7.25. The summed E-state index contributed by atoms with van der Waals surface area (Å²) < 4.78 is 13.2. The lowest BCUT2D eigenvalue weighted by Gasteiger charge is -2.18. The van der Waals surface area contributed by atoms with Gasteiger partial charge in [-0.1, -0.05) is 18.2 Å². The lowest BCUT2D eigenvalue weighted by molar-refractivity contribution is 0.1000. The highest BCUT2D eigenvalue weighted by Crippen LogP contribution is 2.23. The molecular weight excluding hydrogens is 265 g/mol. The number of carbonyl (C=O) groups excluding carboxylic acids is 1. The molecule has 0 radical (unpaired) electrons. The number of hydrogen-bond donors (Lipinski definition) is 0. The number of halogens is 1. The molecule has 2 nitrogen and oxygen atoms in total. The highest BCUT2D eigenvalue weighted by molar-refractivity contribution is 5.99. The molecule has 0 amide bonds. The van der Waals surface area contributed by atoms with Crippen LogP contribution in [0.5, 0.6) is 0 Å². The summed E-state index contributed by atoms with van der Waals surface area (Å²) in [6, 6.07) is 12.3. The fraction of sp³-hybridized carbons (Fsp3) is 0.278. The van der Waals surface area contributed by atoms with Crippen LogP contribution in [0, 0.1) is 5.82 Å². The molecule has 3 rings (SSSR count). The zero-order valence-electron chi connectivity index (χ0n) is 12.1. The Morgan fingerprint density at radius 3 is 2.76 bits per heavy atom. The molecule has 0 bridgehead atoms. The minimum absolute atomic E-state index is 0.0662. The molecule has 2 aromatic carbocycles. The van der Waals surface area contributed by atoms with E-state index in [1.807, 2.05) is 12.1 Å². The van der Waals surface area contributed by atoms with Crippen LogP contribution in [0.15, 0.2) is 42.5 Å². The molecule has 0 fully saturated rings. The summed E-state index contributed by atoms with van der Waals surface area (Å²) in [5.41, 5.74) is 4.13. The Kier molecular flexibility index (Phi) is 3.74. The van der Waals surface area contributed by atoms with Crippen molar-refractivity contribution in [1.82, 2.24) is 0 Å². The third kappa shape index (κ3) is 2.97. The van der Waals surface area contributed by atoms with Crippen LogP contribution in [0.25, 0.3) is 0 Å². The summed E-state index contributed by atoms with van der Waals surface area (Å²) >= 11 is 0. The summed E-state index contributed by atoms with van der Waals surface area (Å²) in [6.45, 7) is 0.252. The fourth-order valence-corrected chi connectivity index (χ4v) is 2.86. The van der Waals surface area contributed by atoms with Crippen molar-refractivity contribution < 1.29 is 9.18 Å². The third-order valence-electron chi connectivity index (χ3n) is 4.05. The molecule has 0 saturated carbocycles. The predicted molar refractivity (Wildman–Crippen MR) is 82.5 cm³/mol. The Hall–Kier alpha value is -2.16. The van der Waals surface area contributed by atoms with Gasteiger partial charge in [-0.25, -0.2) is 4.39 Å². The van der Waals surface area contributed by atoms with Gasteiger partial charge in [-0.05, 0) is 54.7 Å². The topological polar surface area (TPSA) is 20.3 Å². The van der Waals surface area contributed by atoms with E-state index < -0.39 is 0 Å². The van der Waals surface area contributed by atoms with Crippen LogP contribution in [0.4, 0.5) is 10.1 Å². The SMILES string of the molecule is CN(CC(=O)c1ccc2c(c1)CCC2)c1cccc(F)c1. The number of carbonyl (C=O) groups is 1. The molecule has 1 aliphatic rings. The molecule has 0 aliphatic heterocycles. The average molecular weight is 283 g/mol. The number of likely N-dealkylation sites (N-methyl/N-ethyl adjacent to an activating group) is 1. The van der Waals surface area contributed by atoms with Gasteiger partial charge in [-0.3, -0.25) is 4.79 Å². The molecule has 3 heteroatoms. The van der Waals surface area contributed by atoms with Gasteiger partial charge in [0.1, 0.15) is 5.82 Å². The Morgan fingerprint density at radius 2 is 1.95 bits per heavy atom. The van der Waals surface area contributed by atoms with Crippen molar-refractivity contribution in [2.45, 2.75) is 19.3 Å². The number of ketones is 1. The number of aryl methyl sites for hydroxylation is 2. The van der Waals surface area contributed by atoms with E-state index in [9.17, 15) is 9.18 Å². The zero-order chi connectivity index (χ0) is 14.8. The van der Waals surface area contributed by atoms with Crippen LogP contribution in [-0.2, 0) is 12.8 Å². The number of hydrogen-bond acceptors (Lipinski definition) is 2. The number of Topliss-reactive ketones (excluding diaryl/α,β-unsaturated/α-hetero) is 1. The average Bonchev–Trinajstić information content (AvgIpc) is 2.94. The van der Waals surface area contributed by atoms with Crippen molar-refractivity contribution in [2.75, 3.05) is 18.5 Å². The highest BCUT2D eigenvalue weighted by atomic mass is 19.1. The first-order chi connectivity index (χ1) is 10.1. The first kappa shape index (κ1) is 13.8. The van der Waals surface area contributed by atoms with Gasteiger partial charge in [0, 0.05) is 18.3 Å². The van der Waals surface area contributed by atoms with Gasteiger partial charge in [0.25, 0.3) is 0 Å². The van der Waals surface area contributed by atoms with Crippen LogP contribution in [0.1, 0.15) is 27.9 Å². The second kappa shape index (κ2) is 5.68. The van der Waals surface area contributed by atoms with Crippen molar-refractivity contribution in [1.29, 1.82) is 0 Å². The molecule has 2 aromatic rings. The summed E-state index contributed by atoms with van der Waals surface area (Å²) in [6.07, 6.45) is 3.36. The molecule has 0 heterocycles. The summed E-state index contributed by atoms with van der Waals surface area (Å²) in [5, 5.41) is 0. The van der Waals surface area contributed by atoms with E-state index in [1.54, 1.807) is 24.1 Å². The molecule has 21 heavy (non-hydrogen) atoms. The predicted octanol–water partition coefficient (Wildman–Crippen LogP) is 3.63. The normalized spacial score (nSPS) is 13.0. The number of anilines is 1. The number of rotatable bonds is 4. The van der Waals surface area contributed by atoms with E-state index >= 15 is 0 Å². The van der Waals surface area contributed by atoms with E-state index in [4.69, 9.17) is 0 Å². The Bertz CT molecular complexity index is 681. The zero-order valence-corrected chi connectivity index (χ0v) is 12.1. The minimum Gasteiger partial charge on any atom is -0.367 e. The van der Waals surface area contributed by atoms with Gasteiger partial charge >= 0.3 is 0 Å². The third-order valence-corrected chi connectivity index (χ3v) is 4.05. The van der Waals surface area contributed by atoms with Crippen LogP contribution in [-0.4, -0.2) is 19.4 Å². The van der Waals surface area contributed by atoms with Crippen molar-refractivity contribution >= 4 is 11.5 Å². The quantitative estimate of drug-likeness (QED) is 0.799. The van der Waals surface area contributed by atoms with Gasteiger partial charge in [0.05, 0.1) is 6.54 Å². The molecule has 0 unspecified atom stereocenters. The Morgan fingerprint density at radius 1 is 1.14 bits per heavy atom. The van der Waals surface area contributed by atoms with E-state index in [2.05, 4.69) is 6.07 Å². The largest absolute Gasteiger partial charge is 0.367 e. The summed E-state index contributed by atoms with van der Waals surface area (Å²) in [7, 11) is 1.81. The lowest BCUT2D eigenvalue weighted by atomic mass is 10.0. The minimum atomic E-state index is -0.288. The smallest absolute Gasteiger partial charge is 0.182 e. The van der Waals surface area contributed by atoms with Gasteiger partial charge in [0.2, 0.25) is 0 Å². The molecule has 1 aliphatic carbocycles. The number of benzene rings is 2. The van der Waals surface area contributed by atoms with E-state index in [0.29, 0.717) is 5.69 Å². The van der Waals surface area contributed by atoms with Crippen molar-refractivity contribution in [3.63, 3.8) is 0 Å². The number of nitrogens with zero attached hydrogens (tertiary/aromatic N) is 1. The van der Waals surface area contributed by atoms with Crippen molar-refractivity contribution in [2.24, 2.45) is 0 Å². The van der Waals surface area contributed by atoms with Crippen LogP contribution in [0.2, 0.25) is 0 Å². The van der Waals surface area contributed by atoms with E-state index in [-0.39, 0.29) is 18.1 Å². The molecule has 108 valence electrons. The van der Waals surface area contributed by atoms with Gasteiger partial charge < -0.3 is 4.90 Å². The molecule has 0 aromatic heterocycles. The Labute approximate surface area is 124 Å². The first-order valence-electron chi connectivity index (χ1n) is 7.25. The second-order valence-electron chi connectivity index (χ2n) is 5.60. The Balaban J connectivity index is 1.74. The number of fused-ring (bicyclic) bond motifs is 1. The second-order valence-corrected chi connectivity index (χ2v) is 5.60. The van der Waals surface area contributed by atoms with Crippen molar-refractivity contribution in [3.8, 4) is 0 Å². The molecule has 0 N–H and O–H groups in total. The lowest BCUT2D eigenvalue weighted by Crippen LogP contribution is -2.25. The van der Waals surface area contributed by atoms with E-state index in [1.165, 1.54) is 29.7 Å². The summed E-state index contributed by atoms with van der Waals surface area (Å²) in [5.74, 6) is -0.221. The molecular formula is C18H18FNO. The van der Waals surface area contributed by atoms with Crippen LogP contribution in [0.3, 0.4) is 0 Å². The standard InChI is InChI=1S/C18H18FNO/c1-20(17-7-3-6-16(19)11-17)12-18(21)15-9-8-13-4-2-5-14(13)10-15/h3,6-11H,2,4-5,12H2,1H3. The summed E-state index contributed by atoms with van der Waals surface area (Å²) in [4.78, 5) is 14.2. The monoisotopic (exact) mass is 283 g/mol. The highest BCUT2D eigenvalue weighted by Gasteiger charge is 2.15. The van der Waals surface area contributed by atoms with Crippen LogP contribution >= 0.6 is 0 Å². The van der Waals surface area contributed by atoms with E-state index in [0.717, 1.165) is 18.4 Å². The fourth-order valence-electron chi connectivity index (χ4n) is 2.86. The van der Waals surface area contributed by atoms with Gasteiger partial charge in [0.15, 0.2) is 5.78 Å². The maximum absolute atomic E-state index is 13.2. The van der Waals surface area contributed by atoms with Gasteiger partial charge in [-0.15, -0.1) is 0 Å². The molecule has 0 saturated heterocycles. The molecule has 0 atom stereocenters. The molecule has 0 spiro atoms. The van der Waals surface area contributed by atoms with Gasteiger partial charge in [-0.2, -0.15) is 0 Å². The van der Waals surface area contributed by atoms with Crippen molar-refractivity contribution in [3.05, 3.63) is 65.0 Å². The maximum atomic E-state index is 13.2. The van der Waals surface area contributed by atoms with Crippen LogP contribution < -0.4 is 4.90 Å².